The van der Waals surface area contributed by atoms with Gasteiger partial charge in [-0.05, 0) is 66.7 Å². The zero-order valence-corrected chi connectivity index (χ0v) is 17.6. The van der Waals surface area contributed by atoms with Gasteiger partial charge < -0.3 is 10.5 Å². The van der Waals surface area contributed by atoms with E-state index >= 15 is 0 Å². The number of carbonyl (C=O) groups is 1. The summed E-state index contributed by atoms with van der Waals surface area (Å²) in [6.07, 6.45) is 1.69. The maximum Gasteiger partial charge on any atom is 0.140 e. The maximum absolute atomic E-state index is 14.7. The summed E-state index contributed by atoms with van der Waals surface area (Å²) < 4.78 is 32.4. The molecule has 1 unspecified atom stereocenters. The van der Waals surface area contributed by atoms with E-state index in [4.69, 9.17) is 10.5 Å². The van der Waals surface area contributed by atoms with Crippen molar-refractivity contribution in [2.24, 2.45) is 16.6 Å². The fraction of sp³-hybridized carbons (Fsp3) is 0.571. The van der Waals surface area contributed by atoms with Crippen LogP contribution in [0.3, 0.4) is 0 Å². The van der Waals surface area contributed by atoms with E-state index in [-0.39, 0.29) is 29.7 Å². The molecule has 5 nitrogen and oxygen atoms in total. The summed E-state index contributed by atoms with van der Waals surface area (Å²) in [6, 6.07) is 4.64. The van der Waals surface area contributed by atoms with Crippen molar-refractivity contribution in [1.82, 2.24) is 0 Å². The number of hydrogen-bond acceptors (Lipinski definition) is 5. The monoisotopic (exact) mass is 408 g/mol. The molecule has 0 radical (unpaired) electrons. The van der Waals surface area contributed by atoms with Gasteiger partial charge in [0.25, 0.3) is 0 Å². The highest BCUT2D eigenvalue weighted by molar-refractivity contribution is 8.02. The Morgan fingerprint density at radius 1 is 1.36 bits per heavy atom. The summed E-state index contributed by atoms with van der Waals surface area (Å²) in [7, 11) is -2.64. The van der Waals surface area contributed by atoms with Crippen molar-refractivity contribution in [3.05, 3.63) is 35.1 Å². The predicted octanol–water partition coefficient (Wildman–Crippen LogP) is 2.44. The molecule has 0 aromatic heterocycles. The number of nitrogens with two attached hydrogens (primary N) is 1. The van der Waals surface area contributed by atoms with E-state index in [9.17, 15) is 13.4 Å². The van der Waals surface area contributed by atoms with Gasteiger partial charge in [-0.3, -0.25) is 14.0 Å². The van der Waals surface area contributed by atoms with Gasteiger partial charge in [-0.2, -0.15) is 0 Å². The Balaban J connectivity index is 1.93. The SMILES string of the molecule is C=S1(=O)C[C@@](C)(c2cc(CC(=O)C3CCOCC3)ccc2F)N=C(N)C1(C)C. The summed E-state index contributed by atoms with van der Waals surface area (Å²) in [6.45, 7) is 6.43. The lowest BCUT2D eigenvalue weighted by atomic mass is 9.88. The molecule has 0 bridgehead atoms. The van der Waals surface area contributed by atoms with Crippen molar-refractivity contribution in [2.45, 2.75) is 50.3 Å². The zero-order valence-electron chi connectivity index (χ0n) is 16.8. The minimum Gasteiger partial charge on any atom is -0.386 e. The second-order valence-electron chi connectivity index (χ2n) is 8.58. The number of nitrogens with zero attached hydrogens (tertiary/aromatic N) is 1. The molecule has 2 atom stereocenters. The zero-order chi connectivity index (χ0) is 20.7. The van der Waals surface area contributed by atoms with Gasteiger partial charge in [0.1, 0.15) is 17.4 Å². The van der Waals surface area contributed by atoms with Gasteiger partial charge in [-0.15, -0.1) is 0 Å². The lowest BCUT2D eigenvalue weighted by Gasteiger charge is -2.41. The van der Waals surface area contributed by atoms with Crippen LogP contribution in [0.4, 0.5) is 4.39 Å². The molecule has 7 heteroatoms. The summed E-state index contributed by atoms with van der Waals surface area (Å²) in [5, 5.41) is 0. The summed E-state index contributed by atoms with van der Waals surface area (Å²) in [5.74, 6) is 3.88. The third-order valence-corrected chi connectivity index (χ3v) is 9.19. The Bertz CT molecular complexity index is 918. The Morgan fingerprint density at radius 2 is 2.00 bits per heavy atom. The van der Waals surface area contributed by atoms with Crippen LogP contribution in [-0.2, 0) is 31.0 Å². The predicted molar refractivity (Wildman–Crippen MR) is 112 cm³/mol. The quantitative estimate of drug-likeness (QED) is 0.776. The molecule has 0 amide bonds. The Morgan fingerprint density at radius 3 is 2.61 bits per heavy atom. The normalized spacial score (nSPS) is 30.6. The molecule has 3 rings (SSSR count). The summed E-state index contributed by atoms with van der Waals surface area (Å²) in [5.41, 5.74) is 6.06. The standard InChI is InChI=1S/C21H29FN2O3S/c1-20(2)19(23)24-21(3,13-28(20,4)26)16-11-14(5-6-17(16)22)12-18(25)15-7-9-27-10-8-15/h5-6,11,15H,4,7-10,12-13H2,1-3H3,(H2,23,24)/t21-,28?/m0/s1. The number of hydrogen-bond donors (Lipinski definition) is 1. The van der Waals surface area contributed by atoms with Crippen LogP contribution in [0.1, 0.15) is 44.7 Å². The van der Waals surface area contributed by atoms with Crippen molar-refractivity contribution in [3.8, 4) is 0 Å². The molecule has 2 aliphatic heterocycles. The number of benzene rings is 1. The van der Waals surface area contributed by atoms with Crippen molar-refractivity contribution in [1.29, 1.82) is 0 Å². The number of rotatable bonds is 4. The number of Topliss-reactive ketones (excluding diaryl/α,β-unsaturated/α-hetero) is 1. The van der Waals surface area contributed by atoms with Gasteiger partial charge in [0, 0.05) is 36.9 Å². The molecule has 1 aromatic rings. The molecule has 1 aromatic carbocycles. The van der Waals surface area contributed by atoms with Gasteiger partial charge >= 0.3 is 0 Å². The van der Waals surface area contributed by atoms with Crippen LogP contribution < -0.4 is 5.73 Å². The van der Waals surface area contributed by atoms with E-state index < -0.39 is 25.6 Å². The molecule has 0 spiro atoms. The van der Waals surface area contributed by atoms with E-state index in [1.54, 1.807) is 32.9 Å². The third-order valence-electron chi connectivity index (χ3n) is 6.09. The van der Waals surface area contributed by atoms with E-state index in [0.29, 0.717) is 18.8 Å². The third kappa shape index (κ3) is 3.74. The fourth-order valence-electron chi connectivity index (χ4n) is 3.86. The molecule has 2 N–H and O–H groups in total. The lowest BCUT2D eigenvalue weighted by Crippen LogP contribution is -2.54. The Kier molecular flexibility index (Phi) is 5.44. The molecule has 28 heavy (non-hydrogen) atoms. The first-order chi connectivity index (χ1) is 13.0. The van der Waals surface area contributed by atoms with E-state index in [1.165, 1.54) is 6.07 Å². The van der Waals surface area contributed by atoms with Crippen molar-refractivity contribution < 1.29 is 18.1 Å². The Hall–Kier alpha value is -1.73. The van der Waals surface area contributed by atoms with Crippen LogP contribution in [0.25, 0.3) is 0 Å². The molecule has 154 valence electrons. The minimum absolute atomic E-state index is 0.0134. The molecule has 2 aliphatic rings. The molecule has 1 fully saturated rings. The highest BCUT2D eigenvalue weighted by atomic mass is 32.2. The topological polar surface area (TPSA) is 81.8 Å². The molecular formula is C21H29FN2O3S. The first-order valence-corrected chi connectivity index (χ1v) is 11.5. The second-order valence-corrected chi connectivity index (χ2v) is 11.5. The Labute approximate surface area is 166 Å². The molecule has 0 aliphatic carbocycles. The smallest absolute Gasteiger partial charge is 0.140 e. The van der Waals surface area contributed by atoms with Crippen LogP contribution in [0.15, 0.2) is 23.2 Å². The van der Waals surface area contributed by atoms with Crippen LogP contribution in [0.5, 0.6) is 0 Å². The lowest BCUT2D eigenvalue weighted by molar-refractivity contribution is -0.125. The minimum atomic E-state index is -2.64. The fourth-order valence-corrected chi connectivity index (χ4v) is 5.77. The number of aliphatic imine (C=N–C) groups is 1. The number of halogens is 1. The van der Waals surface area contributed by atoms with Gasteiger partial charge in [-0.25, -0.2) is 4.39 Å². The molecule has 1 saturated heterocycles. The first kappa shape index (κ1) is 21.0. The number of ether oxygens (including phenoxy) is 1. The van der Waals surface area contributed by atoms with Gasteiger partial charge in [0.15, 0.2) is 0 Å². The maximum atomic E-state index is 14.7. The van der Waals surface area contributed by atoms with E-state index in [2.05, 4.69) is 10.9 Å². The first-order valence-electron chi connectivity index (χ1n) is 9.56. The van der Waals surface area contributed by atoms with Crippen molar-refractivity contribution in [3.63, 3.8) is 0 Å². The number of carbonyl (C=O) groups excluding carboxylic acids is 1. The average molecular weight is 409 g/mol. The largest absolute Gasteiger partial charge is 0.386 e. The second kappa shape index (κ2) is 7.26. The highest BCUT2D eigenvalue weighted by Gasteiger charge is 2.45. The van der Waals surface area contributed by atoms with Gasteiger partial charge in [0.2, 0.25) is 0 Å². The average Bonchev–Trinajstić information content (AvgIpc) is 2.62. The summed E-state index contributed by atoms with van der Waals surface area (Å²) in [4.78, 5) is 17.1. The summed E-state index contributed by atoms with van der Waals surface area (Å²) >= 11 is 0. The van der Waals surface area contributed by atoms with Crippen LogP contribution >= 0.6 is 0 Å². The highest BCUT2D eigenvalue weighted by Crippen LogP contribution is 2.38. The number of amidine groups is 1. The van der Waals surface area contributed by atoms with E-state index in [1.807, 2.05) is 0 Å². The molecule has 0 saturated carbocycles. The van der Waals surface area contributed by atoms with Gasteiger partial charge in [-0.1, -0.05) is 6.07 Å². The van der Waals surface area contributed by atoms with Crippen molar-refractivity contribution >= 4 is 27.0 Å². The van der Waals surface area contributed by atoms with Crippen LogP contribution in [0.2, 0.25) is 0 Å². The molecular weight excluding hydrogens is 379 g/mol. The van der Waals surface area contributed by atoms with Gasteiger partial charge in [0.05, 0.1) is 10.3 Å². The van der Waals surface area contributed by atoms with Crippen LogP contribution in [0, 0.1) is 11.7 Å². The van der Waals surface area contributed by atoms with E-state index in [0.717, 1.165) is 18.4 Å². The van der Waals surface area contributed by atoms with Crippen molar-refractivity contribution in [2.75, 3.05) is 19.0 Å². The molecule has 2 heterocycles. The van der Waals surface area contributed by atoms with Crippen LogP contribution in [-0.4, -0.2) is 45.4 Å². The number of ketones is 1.